The summed E-state index contributed by atoms with van der Waals surface area (Å²) in [5, 5.41) is 4.64. The highest BCUT2D eigenvalue weighted by molar-refractivity contribution is 9.10. The van der Waals surface area contributed by atoms with Gasteiger partial charge in [-0.05, 0) is 54.6 Å². The molecule has 0 amide bonds. The van der Waals surface area contributed by atoms with E-state index in [-0.39, 0.29) is 0 Å². The molecule has 0 unspecified atom stereocenters. The number of aliphatic imine (C=N–C) groups is 1. The SMILES string of the molecule is COc1ccc(C2=NNC(c3ccncc3)=Nc3ccc(Br)cc32)cc1. The molecule has 128 valence electrons. The quantitative estimate of drug-likeness (QED) is 0.705. The van der Waals surface area contributed by atoms with Gasteiger partial charge in [-0.25, -0.2) is 4.99 Å². The summed E-state index contributed by atoms with van der Waals surface area (Å²) in [5.41, 5.74) is 7.61. The molecule has 6 heteroatoms. The number of rotatable bonds is 3. The first-order valence-electron chi connectivity index (χ1n) is 8.02. The number of halogens is 1. The van der Waals surface area contributed by atoms with Gasteiger partial charge in [0.05, 0.1) is 12.8 Å². The van der Waals surface area contributed by atoms with E-state index in [0.29, 0.717) is 5.84 Å². The fourth-order valence-corrected chi connectivity index (χ4v) is 3.08. The van der Waals surface area contributed by atoms with Crippen LogP contribution in [0.1, 0.15) is 16.7 Å². The van der Waals surface area contributed by atoms with Gasteiger partial charge in [0.1, 0.15) is 11.5 Å². The van der Waals surface area contributed by atoms with E-state index in [4.69, 9.17) is 9.73 Å². The Labute approximate surface area is 159 Å². The lowest BCUT2D eigenvalue weighted by molar-refractivity contribution is 0.415. The van der Waals surface area contributed by atoms with Gasteiger partial charge in [-0.1, -0.05) is 15.9 Å². The Hall–Kier alpha value is -2.99. The van der Waals surface area contributed by atoms with Crippen LogP contribution in [0.15, 0.2) is 81.6 Å². The molecule has 1 aliphatic heterocycles. The zero-order valence-electron chi connectivity index (χ0n) is 14.0. The topological polar surface area (TPSA) is 58.9 Å². The van der Waals surface area contributed by atoms with Crippen molar-refractivity contribution in [2.24, 2.45) is 10.1 Å². The van der Waals surface area contributed by atoms with Crippen molar-refractivity contribution in [1.29, 1.82) is 0 Å². The molecule has 2 heterocycles. The first-order valence-corrected chi connectivity index (χ1v) is 8.81. The van der Waals surface area contributed by atoms with E-state index in [9.17, 15) is 0 Å². The van der Waals surface area contributed by atoms with Crippen LogP contribution in [-0.4, -0.2) is 23.6 Å². The number of hydrogen-bond donors (Lipinski definition) is 1. The minimum Gasteiger partial charge on any atom is -0.497 e. The van der Waals surface area contributed by atoms with Gasteiger partial charge < -0.3 is 4.74 Å². The third kappa shape index (κ3) is 3.23. The van der Waals surface area contributed by atoms with Crippen LogP contribution in [0.3, 0.4) is 0 Å². The van der Waals surface area contributed by atoms with Crippen molar-refractivity contribution in [3.8, 4) is 5.75 Å². The van der Waals surface area contributed by atoms with Gasteiger partial charge >= 0.3 is 0 Å². The van der Waals surface area contributed by atoms with E-state index in [1.807, 2.05) is 54.6 Å². The largest absolute Gasteiger partial charge is 0.497 e. The molecule has 1 N–H and O–H groups in total. The molecule has 0 atom stereocenters. The molecule has 2 aromatic carbocycles. The number of nitrogens with one attached hydrogen (secondary N) is 1. The monoisotopic (exact) mass is 406 g/mol. The molecular formula is C20H15BrN4O. The van der Waals surface area contributed by atoms with Crippen LogP contribution in [0.5, 0.6) is 5.75 Å². The summed E-state index contributed by atoms with van der Waals surface area (Å²) in [4.78, 5) is 8.84. The number of pyridine rings is 1. The predicted molar refractivity (Wildman–Crippen MR) is 106 cm³/mol. The number of ether oxygens (including phenoxy) is 1. The summed E-state index contributed by atoms with van der Waals surface area (Å²) in [5.74, 6) is 1.48. The van der Waals surface area contributed by atoms with E-state index in [1.54, 1.807) is 19.5 Å². The second-order valence-corrected chi connectivity index (χ2v) is 6.57. The highest BCUT2D eigenvalue weighted by atomic mass is 79.9. The van der Waals surface area contributed by atoms with Gasteiger partial charge in [-0.3, -0.25) is 10.4 Å². The molecule has 1 aromatic heterocycles. The van der Waals surface area contributed by atoms with Crippen molar-refractivity contribution in [3.63, 3.8) is 0 Å². The Morgan fingerprint density at radius 3 is 2.42 bits per heavy atom. The van der Waals surface area contributed by atoms with Gasteiger partial charge in [0.15, 0.2) is 5.84 Å². The molecule has 0 fully saturated rings. The number of aromatic nitrogens is 1. The Kier molecular flexibility index (Phi) is 4.50. The molecule has 0 bridgehead atoms. The molecule has 4 rings (SSSR count). The number of methoxy groups -OCH3 is 1. The fraction of sp³-hybridized carbons (Fsp3) is 0.0500. The van der Waals surface area contributed by atoms with Crippen molar-refractivity contribution in [2.75, 3.05) is 7.11 Å². The summed E-state index contributed by atoms with van der Waals surface area (Å²) in [7, 11) is 1.65. The number of fused-ring (bicyclic) bond motifs is 1. The zero-order chi connectivity index (χ0) is 17.9. The average Bonchev–Trinajstić information content (AvgIpc) is 2.88. The number of amidine groups is 1. The second kappa shape index (κ2) is 7.09. The lowest BCUT2D eigenvalue weighted by atomic mass is 10.0. The summed E-state index contributed by atoms with van der Waals surface area (Å²) in [6.45, 7) is 0. The molecule has 0 aliphatic carbocycles. The van der Waals surface area contributed by atoms with Crippen molar-refractivity contribution in [1.82, 2.24) is 10.4 Å². The number of benzene rings is 2. The molecular weight excluding hydrogens is 392 g/mol. The highest BCUT2D eigenvalue weighted by Gasteiger charge is 2.17. The van der Waals surface area contributed by atoms with Crippen LogP contribution in [0.2, 0.25) is 0 Å². The van der Waals surface area contributed by atoms with Crippen LogP contribution in [-0.2, 0) is 0 Å². The third-order valence-electron chi connectivity index (χ3n) is 4.04. The maximum Gasteiger partial charge on any atom is 0.154 e. The van der Waals surface area contributed by atoms with Crippen molar-refractivity contribution in [3.05, 3.63) is 88.2 Å². The summed E-state index contributed by atoms with van der Waals surface area (Å²) >= 11 is 3.55. The minimum absolute atomic E-state index is 0.680. The minimum atomic E-state index is 0.680. The smallest absolute Gasteiger partial charge is 0.154 e. The van der Waals surface area contributed by atoms with Crippen LogP contribution in [0.25, 0.3) is 0 Å². The molecule has 0 saturated carbocycles. The highest BCUT2D eigenvalue weighted by Crippen LogP contribution is 2.29. The van der Waals surface area contributed by atoms with Gasteiger partial charge in [0.25, 0.3) is 0 Å². The molecule has 5 nitrogen and oxygen atoms in total. The average molecular weight is 407 g/mol. The lowest BCUT2D eigenvalue weighted by Crippen LogP contribution is -2.19. The van der Waals surface area contributed by atoms with Crippen LogP contribution < -0.4 is 10.2 Å². The van der Waals surface area contributed by atoms with Crippen molar-refractivity contribution >= 4 is 33.2 Å². The maximum atomic E-state index is 5.25. The molecule has 0 radical (unpaired) electrons. The first-order chi connectivity index (χ1) is 12.7. The summed E-state index contributed by atoms with van der Waals surface area (Å²) < 4.78 is 6.23. The fourth-order valence-electron chi connectivity index (χ4n) is 2.72. The second-order valence-electron chi connectivity index (χ2n) is 5.66. The zero-order valence-corrected chi connectivity index (χ0v) is 15.6. The van der Waals surface area contributed by atoms with Gasteiger partial charge in [-0.2, -0.15) is 5.10 Å². The van der Waals surface area contributed by atoms with Crippen LogP contribution in [0, 0.1) is 0 Å². The van der Waals surface area contributed by atoms with E-state index in [1.165, 1.54) is 0 Å². The number of nitrogens with zero attached hydrogens (tertiary/aromatic N) is 3. The first kappa shape index (κ1) is 16.5. The molecule has 1 aliphatic rings. The Bertz CT molecular complexity index is 998. The molecule has 26 heavy (non-hydrogen) atoms. The van der Waals surface area contributed by atoms with Gasteiger partial charge in [0.2, 0.25) is 0 Å². The Morgan fingerprint density at radius 2 is 1.69 bits per heavy atom. The summed E-state index contributed by atoms with van der Waals surface area (Å²) in [6.07, 6.45) is 3.47. The van der Waals surface area contributed by atoms with Crippen molar-refractivity contribution < 1.29 is 4.74 Å². The standard InChI is InChI=1S/C20H15BrN4O/c1-26-16-5-2-13(3-6-16)19-17-12-15(21)4-7-18(17)23-20(25-24-19)14-8-10-22-11-9-14/h2-12H,1H3,(H,23,25). The normalized spacial score (nSPS) is 13.0. The van der Waals surface area contributed by atoms with Crippen LogP contribution >= 0.6 is 15.9 Å². The molecule has 0 spiro atoms. The van der Waals surface area contributed by atoms with E-state index < -0.39 is 0 Å². The number of hydrazone groups is 1. The predicted octanol–water partition coefficient (Wildman–Crippen LogP) is 4.29. The molecule has 3 aromatic rings. The Morgan fingerprint density at radius 1 is 0.923 bits per heavy atom. The van der Waals surface area contributed by atoms with Gasteiger partial charge in [0, 0.05) is 33.6 Å². The van der Waals surface area contributed by atoms with E-state index in [2.05, 4.69) is 31.4 Å². The third-order valence-corrected chi connectivity index (χ3v) is 4.53. The van der Waals surface area contributed by atoms with E-state index in [0.717, 1.165) is 38.3 Å². The van der Waals surface area contributed by atoms with Crippen LogP contribution in [0.4, 0.5) is 5.69 Å². The summed E-state index contributed by atoms with van der Waals surface area (Å²) in [6, 6.07) is 17.6. The lowest BCUT2D eigenvalue weighted by Gasteiger charge is -2.09. The van der Waals surface area contributed by atoms with E-state index >= 15 is 0 Å². The number of hydrogen-bond acceptors (Lipinski definition) is 5. The maximum absolute atomic E-state index is 5.25. The Balaban J connectivity index is 1.84. The van der Waals surface area contributed by atoms with Crippen molar-refractivity contribution in [2.45, 2.75) is 0 Å². The molecule has 0 saturated heterocycles. The van der Waals surface area contributed by atoms with Gasteiger partial charge in [-0.15, -0.1) is 0 Å².